The average Bonchev–Trinajstić information content (AvgIpc) is 3.33. The van der Waals surface area contributed by atoms with Gasteiger partial charge in [0, 0.05) is 17.6 Å². The maximum absolute atomic E-state index is 12.4. The highest BCUT2D eigenvalue weighted by atomic mass is 32.1. The van der Waals surface area contributed by atoms with Crippen molar-refractivity contribution in [3.8, 4) is 0 Å². The van der Waals surface area contributed by atoms with Gasteiger partial charge in [-0.25, -0.2) is 0 Å². The summed E-state index contributed by atoms with van der Waals surface area (Å²) in [4.78, 5) is 25.2. The van der Waals surface area contributed by atoms with Gasteiger partial charge in [0.2, 0.25) is 0 Å². The van der Waals surface area contributed by atoms with Crippen LogP contribution in [0.2, 0.25) is 0 Å². The zero-order chi connectivity index (χ0) is 17.9. The van der Waals surface area contributed by atoms with E-state index in [-0.39, 0.29) is 11.8 Å². The predicted molar refractivity (Wildman–Crippen MR) is 99.7 cm³/mol. The number of thiophene rings is 1. The smallest absolute Gasteiger partial charge is 0.265 e. The van der Waals surface area contributed by atoms with Crippen LogP contribution >= 0.6 is 11.3 Å². The van der Waals surface area contributed by atoms with Gasteiger partial charge in [0.1, 0.15) is 6.33 Å². The Kier molecular flexibility index (Phi) is 4.16. The maximum atomic E-state index is 12.4. The van der Waals surface area contributed by atoms with E-state index in [0.717, 1.165) is 0 Å². The van der Waals surface area contributed by atoms with E-state index >= 15 is 0 Å². The minimum absolute atomic E-state index is 0.179. The fourth-order valence-corrected chi connectivity index (χ4v) is 3.06. The van der Waals surface area contributed by atoms with E-state index in [0.29, 0.717) is 27.5 Å². The van der Waals surface area contributed by atoms with Crippen molar-refractivity contribution in [1.82, 2.24) is 14.6 Å². The fraction of sp³-hybridized carbons (Fsp3) is 0. The van der Waals surface area contributed by atoms with E-state index < -0.39 is 0 Å². The zero-order valence-corrected chi connectivity index (χ0v) is 14.2. The standard InChI is InChI=1S/C18H13N5O2S/c24-17(12-6-7-16-22-19-11-23(16)10-12)20-13-3-1-4-14(9-13)21-18(25)15-5-2-8-26-15/h1-11H,(H,20,24)(H,21,25). The number of rotatable bonds is 4. The Labute approximate surface area is 152 Å². The lowest BCUT2D eigenvalue weighted by atomic mass is 10.2. The minimum Gasteiger partial charge on any atom is -0.322 e. The topological polar surface area (TPSA) is 88.4 Å². The first-order valence-electron chi connectivity index (χ1n) is 7.75. The number of carbonyl (C=O) groups is 2. The molecule has 128 valence electrons. The molecule has 0 saturated heterocycles. The lowest BCUT2D eigenvalue weighted by molar-refractivity contribution is 0.102. The molecule has 0 aliphatic heterocycles. The van der Waals surface area contributed by atoms with Gasteiger partial charge in [-0.2, -0.15) is 0 Å². The van der Waals surface area contributed by atoms with E-state index in [1.807, 2.05) is 11.4 Å². The van der Waals surface area contributed by atoms with Crippen LogP contribution in [0, 0.1) is 0 Å². The Bertz CT molecular complexity index is 1090. The number of amides is 2. The number of nitrogens with zero attached hydrogens (tertiary/aromatic N) is 3. The van der Waals surface area contributed by atoms with Gasteiger partial charge >= 0.3 is 0 Å². The Hall–Kier alpha value is -3.52. The molecule has 0 radical (unpaired) electrons. The summed E-state index contributed by atoms with van der Waals surface area (Å²) in [5, 5.41) is 15.2. The van der Waals surface area contributed by atoms with Crippen LogP contribution in [0.15, 0.2) is 66.4 Å². The van der Waals surface area contributed by atoms with Crippen LogP contribution in [0.4, 0.5) is 11.4 Å². The molecule has 0 aliphatic rings. The van der Waals surface area contributed by atoms with Gasteiger partial charge in [0.25, 0.3) is 11.8 Å². The highest BCUT2D eigenvalue weighted by molar-refractivity contribution is 7.12. The first kappa shape index (κ1) is 16.0. The van der Waals surface area contributed by atoms with Crippen molar-refractivity contribution in [2.75, 3.05) is 10.6 Å². The van der Waals surface area contributed by atoms with Crippen molar-refractivity contribution in [2.24, 2.45) is 0 Å². The van der Waals surface area contributed by atoms with Crippen LogP contribution in [-0.4, -0.2) is 26.4 Å². The van der Waals surface area contributed by atoms with Crippen molar-refractivity contribution < 1.29 is 9.59 Å². The second-order valence-corrected chi connectivity index (χ2v) is 6.43. The average molecular weight is 363 g/mol. The van der Waals surface area contributed by atoms with Gasteiger partial charge in [-0.1, -0.05) is 12.1 Å². The summed E-state index contributed by atoms with van der Waals surface area (Å²) in [5.74, 6) is -0.441. The molecule has 4 rings (SSSR count). The lowest BCUT2D eigenvalue weighted by Gasteiger charge is -2.08. The van der Waals surface area contributed by atoms with Gasteiger partial charge in [0.15, 0.2) is 5.65 Å². The lowest BCUT2D eigenvalue weighted by Crippen LogP contribution is -2.13. The number of carbonyl (C=O) groups excluding carboxylic acids is 2. The molecule has 0 aliphatic carbocycles. The van der Waals surface area contributed by atoms with E-state index in [4.69, 9.17) is 0 Å². The van der Waals surface area contributed by atoms with E-state index in [9.17, 15) is 9.59 Å². The van der Waals surface area contributed by atoms with Crippen LogP contribution in [0.5, 0.6) is 0 Å². The van der Waals surface area contributed by atoms with Gasteiger partial charge < -0.3 is 10.6 Å². The summed E-state index contributed by atoms with van der Waals surface area (Å²) in [5.41, 5.74) is 2.34. The third-order valence-corrected chi connectivity index (χ3v) is 4.55. The van der Waals surface area contributed by atoms with Crippen LogP contribution < -0.4 is 10.6 Å². The van der Waals surface area contributed by atoms with Gasteiger partial charge in [-0.15, -0.1) is 21.5 Å². The Morgan fingerprint density at radius 1 is 0.962 bits per heavy atom. The van der Waals surface area contributed by atoms with Crippen molar-refractivity contribution in [1.29, 1.82) is 0 Å². The predicted octanol–water partition coefficient (Wildman–Crippen LogP) is 3.30. The van der Waals surface area contributed by atoms with Crippen LogP contribution in [0.25, 0.3) is 5.65 Å². The second-order valence-electron chi connectivity index (χ2n) is 5.48. The third-order valence-electron chi connectivity index (χ3n) is 3.68. The molecule has 26 heavy (non-hydrogen) atoms. The molecule has 2 N–H and O–H groups in total. The monoisotopic (exact) mass is 363 g/mol. The number of pyridine rings is 1. The first-order chi connectivity index (χ1) is 12.7. The number of hydrogen-bond acceptors (Lipinski definition) is 5. The number of fused-ring (bicyclic) bond motifs is 1. The molecule has 0 spiro atoms. The van der Waals surface area contributed by atoms with E-state index in [1.165, 1.54) is 17.7 Å². The quantitative estimate of drug-likeness (QED) is 0.582. The molecule has 3 heterocycles. The molecule has 0 saturated carbocycles. The molecule has 4 aromatic rings. The van der Waals surface area contributed by atoms with Crippen LogP contribution in [0.3, 0.4) is 0 Å². The van der Waals surface area contributed by atoms with Crippen LogP contribution in [0.1, 0.15) is 20.0 Å². The molecular formula is C18H13N5O2S. The van der Waals surface area contributed by atoms with Crippen molar-refractivity contribution in [2.45, 2.75) is 0 Å². The van der Waals surface area contributed by atoms with Crippen molar-refractivity contribution in [3.63, 3.8) is 0 Å². The third kappa shape index (κ3) is 3.31. The second kappa shape index (κ2) is 6.77. The number of hydrogen-bond donors (Lipinski definition) is 2. The van der Waals surface area contributed by atoms with E-state index in [2.05, 4.69) is 20.8 Å². The summed E-state index contributed by atoms with van der Waals surface area (Å²) in [7, 11) is 0. The number of aromatic nitrogens is 3. The molecule has 0 bridgehead atoms. The summed E-state index contributed by atoms with van der Waals surface area (Å²) >= 11 is 1.37. The molecule has 3 aromatic heterocycles. The van der Waals surface area contributed by atoms with Crippen LogP contribution in [-0.2, 0) is 0 Å². The van der Waals surface area contributed by atoms with Gasteiger partial charge in [-0.05, 0) is 41.8 Å². The maximum Gasteiger partial charge on any atom is 0.265 e. The zero-order valence-electron chi connectivity index (χ0n) is 13.4. The SMILES string of the molecule is O=C(Nc1cccc(NC(=O)c2cccs2)c1)c1ccc2nncn2c1. The molecule has 0 unspecified atom stereocenters. The molecule has 0 fully saturated rings. The largest absolute Gasteiger partial charge is 0.322 e. The van der Waals surface area contributed by atoms with E-state index in [1.54, 1.807) is 53.1 Å². The number of benzene rings is 1. The fourth-order valence-electron chi connectivity index (χ4n) is 2.44. The molecule has 8 heteroatoms. The molecule has 2 amide bonds. The normalized spacial score (nSPS) is 10.6. The Morgan fingerprint density at radius 3 is 2.54 bits per heavy atom. The Morgan fingerprint density at radius 2 is 1.77 bits per heavy atom. The summed E-state index contributed by atoms with van der Waals surface area (Å²) < 4.78 is 1.67. The molecule has 0 atom stereocenters. The molecule has 7 nitrogen and oxygen atoms in total. The summed E-state index contributed by atoms with van der Waals surface area (Å²) in [6, 6.07) is 14.0. The highest BCUT2D eigenvalue weighted by Crippen LogP contribution is 2.18. The summed E-state index contributed by atoms with van der Waals surface area (Å²) in [6.07, 6.45) is 3.19. The van der Waals surface area contributed by atoms with Gasteiger partial charge in [0.05, 0.1) is 10.4 Å². The summed E-state index contributed by atoms with van der Waals surface area (Å²) in [6.45, 7) is 0. The molecule has 1 aromatic carbocycles. The van der Waals surface area contributed by atoms with Gasteiger partial charge in [-0.3, -0.25) is 14.0 Å². The minimum atomic E-state index is -0.262. The Balaban J connectivity index is 1.49. The molecular weight excluding hydrogens is 350 g/mol. The number of nitrogens with one attached hydrogen (secondary N) is 2. The van der Waals surface area contributed by atoms with Crippen molar-refractivity contribution >= 4 is 40.2 Å². The number of anilines is 2. The first-order valence-corrected chi connectivity index (χ1v) is 8.63. The highest BCUT2D eigenvalue weighted by Gasteiger charge is 2.10. The van der Waals surface area contributed by atoms with Crippen molar-refractivity contribution in [3.05, 3.63) is 76.9 Å².